The number of hydrogen-bond acceptors (Lipinski definition) is 4. The maximum absolute atomic E-state index is 12.6. The first kappa shape index (κ1) is 23.2. The first-order valence-electron chi connectivity index (χ1n) is 12.1. The molecule has 172 valence electrons. The molecule has 0 radical (unpaired) electrons. The van der Waals surface area contributed by atoms with E-state index in [1.165, 1.54) is 47.1 Å². The molecular formula is C27H37N3OS. The van der Waals surface area contributed by atoms with Gasteiger partial charge in [0.15, 0.2) is 0 Å². The molecular weight excluding hydrogens is 414 g/mol. The summed E-state index contributed by atoms with van der Waals surface area (Å²) in [5.41, 5.74) is 3.60. The average molecular weight is 452 g/mol. The number of nitrogens with one attached hydrogen (secondary N) is 1. The third-order valence-electron chi connectivity index (χ3n) is 6.91. The van der Waals surface area contributed by atoms with Gasteiger partial charge in [-0.15, -0.1) is 0 Å². The van der Waals surface area contributed by atoms with E-state index in [1.54, 1.807) is 0 Å². The third kappa shape index (κ3) is 5.32. The van der Waals surface area contributed by atoms with Crippen LogP contribution in [-0.2, 0) is 11.2 Å². The first-order valence-corrected chi connectivity index (χ1v) is 12.9. The van der Waals surface area contributed by atoms with Crippen molar-refractivity contribution in [1.82, 2.24) is 10.2 Å². The topological polar surface area (TPSA) is 35.6 Å². The molecule has 32 heavy (non-hydrogen) atoms. The molecule has 1 amide bonds. The highest BCUT2D eigenvalue weighted by Crippen LogP contribution is 2.49. The monoisotopic (exact) mass is 451 g/mol. The van der Waals surface area contributed by atoms with E-state index in [-0.39, 0.29) is 5.91 Å². The lowest BCUT2D eigenvalue weighted by molar-refractivity contribution is -0.120. The minimum absolute atomic E-state index is 0.109. The third-order valence-corrected chi connectivity index (χ3v) is 8.04. The number of para-hydroxylation sites is 1. The maximum Gasteiger partial charge on any atom is 0.224 e. The van der Waals surface area contributed by atoms with Gasteiger partial charge in [0, 0.05) is 28.9 Å². The smallest absolute Gasteiger partial charge is 0.224 e. The molecule has 1 saturated heterocycles. The lowest BCUT2D eigenvalue weighted by Crippen LogP contribution is -2.40. The van der Waals surface area contributed by atoms with Crippen LogP contribution in [0.2, 0.25) is 0 Å². The van der Waals surface area contributed by atoms with Gasteiger partial charge in [-0.2, -0.15) is 0 Å². The maximum atomic E-state index is 12.6. The van der Waals surface area contributed by atoms with E-state index >= 15 is 0 Å². The van der Waals surface area contributed by atoms with E-state index in [4.69, 9.17) is 0 Å². The largest absolute Gasteiger partial charge is 0.356 e. The summed E-state index contributed by atoms with van der Waals surface area (Å²) in [6.07, 6.45) is 3.05. The number of benzene rings is 2. The number of likely N-dealkylation sites (tertiary alicyclic amines) is 1. The molecule has 0 aromatic heterocycles. The second-order valence-corrected chi connectivity index (χ2v) is 10.9. The number of carbonyl (C=O) groups is 1. The lowest BCUT2D eigenvalue weighted by Gasteiger charge is -2.39. The summed E-state index contributed by atoms with van der Waals surface area (Å²) in [6, 6.07) is 15.6. The predicted octanol–water partition coefficient (Wildman–Crippen LogP) is 5.72. The van der Waals surface area contributed by atoms with Gasteiger partial charge < -0.3 is 15.1 Å². The quantitative estimate of drug-likeness (QED) is 0.556. The summed E-state index contributed by atoms with van der Waals surface area (Å²) < 4.78 is 0. The minimum Gasteiger partial charge on any atom is -0.356 e. The van der Waals surface area contributed by atoms with Crippen LogP contribution in [0.3, 0.4) is 0 Å². The molecule has 0 saturated carbocycles. The van der Waals surface area contributed by atoms with Crippen molar-refractivity contribution in [3.63, 3.8) is 0 Å². The Bertz CT molecular complexity index is 938. The first-order chi connectivity index (χ1) is 15.4. The van der Waals surface area contributed by atoms with Crippen molar-refractivity contribution in [2.75, 3.05) is 31.1 Å². The van der Waals surface area contributed by atoms with Crippen molar-refractivity contribution >= 4 is 29.0 Å². The van der Waals surface area contributed by atoms with Crippen LogP contribution in [0.4, 0.5) is 11.4 Å². The Morgan fingerprint density at radius 1 is 1.00 bits per heavy atom. The van der Waals surface area contributed by atoms with Crippen LogP contribution in [-0.4, -0.2) is 43.0 Å². The molecule has 4 nitrogen and oxygen atoms in total. The zero-order chi connectivity index (χ0) is 22.7. The van der Waals surface area contributed by atoms with Gasteiger partial charge in [0.2, 0.25) is 5.91 Å². The van der Waals surface area contributed by atoms with Gasteiger partial charge >= 0.3 is 0 Å². The van der Waals surface area contributed by atoms with Crippen LogP contribution in [0.5, 0.6) is 0 Å². The summed E-state index contributed by atoms with van der Waals surface area (Å²) in [5, 5.41) is 3.13. The summed E-state index contributed by atoms with van der Waals surface area (Å²) in [5.74, 6) is 1.16. The van der Waals surface area contributed by atoms with E-state index in [2.05, 4.69) is 85.3 Å². The molecule has 2 heterocycles. The Morgan fingerprint density at radius 2 is 1.72 bits per heavy atom. The van der Waals surface area contributed by atoms with Gasteiger partial charge in [0.05, 0.1) is 17.8 Å². The molecule has 0 bridgehead atoms. The summed E-state index contributed by atoms with van der Waals surface area (Å²) in [4.78, 5) is 20.3. The number of nitrogens with zero attached hydrogens (tertiary/aromatic N) is 2. The van der Waals surface area contributed by atoms with Crippen LogP contribution in [0, 0.1) is 11.8 Å². The zero-order valence-corrected chi connectivity index (χ0v) is 20.8. The molecule has 0 aliphatic carbocycles. The van der Waals surface area contributed by atoms with E-state index < -0.39 is 0 Å². The molecule has 5 heteroatoms. The van der Waals surface area contributed by atoms with Gasteiger partial charge in [-0.1, -0.05) is 50.7 Å². The Balaban J connectivity index is 1.55. The number of rotatable bonds is 8. The van der Waals surface area contributed by atoms with Crippen LogP contribution in [0.25, 0.3) is 0 Å². The minimum atomic E-state index is 0.109. The fourth-order valence-electron chi connectivity index (χ4n) is 4.59. The average Bonchev–Trinajstić information content (AvgIpc) is 3.28. The molecule has 1 N–H and O–H groups in total. The Labute approximate surface area is 197 Å². The number of fused-ring (bicyclic) bond motifs is 2. The van der Waals surface area contributed by atoms with Crippen molar-refractivity contribution in [1.29, 1.82) is 0 Å². The van der Waals surface area contributed by atoms with Crippen LogP contribution < -0.4 is 10.2 Å². The Hall–Kier alpha value is -1.98. The normalized spacial score (nSPS) is 17.7. The fourth-order valence-corrected chi connectivity index (χ4v) is 5.64. The molecule has 4 rings (SSSR count). The van der Waals surface area contributed by atoms with Crippen LogP contribution in [0.15, 0.2) is 52.3 Å². The van der Waals surface area contributed by atoms with Crippen molar-refractivity contribution in [3.8, 4) is 0 Å². The highest BCUT2D eigenvalue weighted by atomic mass is 32.2. The lowest BCUT2D eigenvalue weighted by atomic mass is 9.98. The predicted molar refractivity (Wildman–Crippen MR) is 135 cm³/mol. The molecule has 2 atom stereocenters. The molecule has 1 fully saturated rings. The second kappa shape index (κ2) is 10.3. The van der Waals surface area contributed by atoms with Crippen molar-refractivity contribution in [3.05, 3.63) is 48.0 Å². The Morgan fingerprint density at radius 3 is 2.47 bits per heavy atom. The highest BCUT2D eigenvalue weighted by Gasteiger charge is 2.29. The molecule has 2 aromatic carbocycles. The second-order valence-electron chi connectivity index (χ2n) is 9.80. The van der Waals surface area contributed by atoms with Gasteiger partial charge in [-0.3, -0.25) is 4.79 Å². The van der Waals surface area contributed by atoms with Crippen molar-refractivity contribution in [2.24, 2.45) is 11.8 Å². The standard InChI is InChI=1S/C27H37N3OS/c1-19(2)20(3)17-28-27(31)16-22-11-12-26-24(15-22)30(21(4)18-29-13-7-8-14-29)23-9-5-6-10-25(23)32-26/h5-6,9-12,15,19-21H,7-8,13-14,16-18H2,1-4H3,(H,28,31). The van der Waals surface area contributed by atoms with E-state index in [1.807, 2.05) is 11.8 Å². The highest BCUT2D eigenvalue weighted by molar-refractivity contribution is 7.99. The Kier molecular flexibility index (Phi) is 7.47. The van der Waals surface area contributed by atoms with Crippen LogP contribution in [0.1, 0.15) is 46.1 Å². The summed E-state index contributed by atoms with van der Waals surface area (Å²) >= 11 is 1.84. The SMILES string of the molecule is CC(C)C(C)CNC(=O)Cc1ccc2c(c1)N(C(C)CN1CCCC1)c1ccccc1S2. The van der Waals surface area contributed by atoms with E-state index in [0.717, 1.165) is 18.7 Å². The van der Waals surface area contributed by atoms with Crippen molar-refractivity contribution in [2.45, 2.75) is 62.8 Å². The van der Waals surface area contributed by atoms with Gasteiger partial charge in [-0.25, -0.2) is 0 Å². The number of amides is 1. The van der Waals surface area contributed by atoms with Gasteiger partial charge in [0.1, 0.15) is 0 Å². The van der Waals surface area contributed by atoms with Crippen molar-refractivity contribution < 1.29 is 4.79 Å². The van der Waals surface area contributed by atoms with Gasteiger partial charge in [0.25, 0.3) is 0 Å². The zero-order valence-electron chi connectivity index (χ0n) is 19.9. The molecule has 2 unspecified atom stereocenters. The number of carbonyl (C=O) groups excluding carboxylic acids is 1. The molecule has 2 aliphatic rings. The van der Waals surface area contributed by atoms with E-state index in [9.17, 15) is 4.79 Å². The molecule has 2 aromatic rings. The van der Waals surface area contributed by atoms with E-state index in [0.29, 0.717) is 24.3 Å². The van der Waals surface area contributed by atoms with Gasteiger partial charge in [-0.05, 0) is 74.5 Å². The van der Waals surface area contributed by atoms with Crippen LogP contribution >= 0.6 is 11.8 Å². The number of anilines is 2. The number of hydrogen-bond donors (Lipinski definition) is 1. The summed E-state index contributed by atoms with van der Waals surface area (Å²) in [6.45, 7) is 13.1. The summed E-state index contributed by atoms with van der Waals surface area (Å²) in [7, 11) is 0. The fraction of sp³-hybridized carbons (Fsp3) is 0.519. The molecule has 2 aliphatic heterocycles. The molecule has 0 spiro atoms.